The van der Waals surface area contributed by atoms with E-state index in [0.29, 0.717) is 6.42 Å². The van der Waals surface area contributed by atoms with Crippen LogP contribution in [0.25, 0.3) is 0 Å². The van der Waals surface area contributed by atoms with E-state index in [-0.39, 0.29) is 23.6 Å². The minimum absolute atomic E-state index is 0.107. The van der Waals surface area contributed by atoms with Crippen LogP contribution in [-0.4, -0.2) is 27.2 Å². The summed E-state index contributed by atoms with van der Waals surface area (Å²) in [5.41, 5.74) is -0.107. The van der Waals surface area contributed by atoms with Crippen molar-refractivity contribution in [3.05, 3.63) is 60.7 Å². The molecule has 2 aromatic rings. The number of hydrogen-bond donors (Lipinski definition) is 0. The minimum atomic E-state index is -1.88. The zero-order valence-electron chi connectivity index (χ0n) is 15.1. The molecule has 0 spiro atoms. The molecule has 0 saturated carbocycles. The van der Waals surface area contributed by atoms with Crippen molar-refractivity contribution in [2.24, 2.45) is 5.41 Å². The Morgan fingerprint density at radius 2 is 1.52 bits per heavy atom. The summed E-state index contributed by atoms with van der Waals surface area (Å²) in [5, 5.41) is 2.49. The van der Waals surface area contributed by atoms with Crippen LogP contribution in [0.15, 0.2) is 60.7 Å². The fourth-order valence-corrected chi connectivity index (χ4v) is 6.08. The summed E-state index contributed by atoms with van der Waals surface area (Å²) >= 11 is 0. The second kappa shape index (κ2) is 7.54. The highest BCUT2D eigenvalue weighted by atomic mass is 28.3. The number of cyclic esters (lactones) is 1. The third-order valence-electron chi connectivity index (χ3n) is 4.59. The topological polar surface area (TPSA) is 35.5 Å². The largest absolute Gasteiger partial charge is 0.460 e. The molecular formula is C21H26O3Si. The average Bonchev–Trinajstić information content (AvgIpc) is 3.02. The molecule has 0 bridgehead atoms. The summed E-state index contributed by atoms with van der Waals surface area (Å²) in [6.07, 6.45) is 0.959. The number of benzene rings is 2. The standard InChI is InChI=1S/C21H26O3Si/c1-21(2,3)20(18-14-15-19(22)23-18)24-25(16-10-6-4-7-11-16)17-12-8-5-9-13-17/h4-13,18,20,25H,14-15H2,1-3H3. The fourth-order valence-electron chi connectivity index (χ4n) is 3.36. The van der Waals surface area contributed by atoms with Crippen LogP contribution >= 0.6 is 0 Å². The second-order valence-corrected chi connectivity index (χ2v) is 10.1. The van der Waals surface area contributed by atoms with Gasteiger partial charge in [-0.05, 0) is 22.2 Å². The lowest BCUT2D eigenvalue weighted by atomic mass is 9.85. The lowest BCUT2D eigenvalue weighted by Gasteiger charge is -2.37. The third kappa shape index (κ3) is 4.38. The molecule has 2 aromatic carbocycles. The molecule has 25 heavy (non-hydrogen) atoms. The van der Waals surface area contributed by atoms with E-state index in [0.717, 1.165) is 6.42 Å². The van der Waals surface area contributed by atoms with E-state index < -0.39 is 9.04 Å². The maximum atomic E-state index is 11.6. The van der Waals surface area contributed by atoms with Crippen molar-refractivity contribution in [1.82, 2.24) is 0 Å². The smallest absolute Gasteiger partial charge is 0.306 e. The van der Waals surface area contributed by atoms with Crippen LogP contribution in [0.5, 0.6) is 0 Å². The van der Waals surface area contributed by atoms with Gasteiger partial charge in [0, 0.05) is 6.42 Å². The molecule has 0 amide bonds. The Bertz CT molecular complexity index is 655. The molecule has 2 unspecified atom stereocenters. The van der Waals surface area contributed by atoms with Crippen molar-refractivity contribution in [3.8, 4) is 0 Å². The van der Waals surface area contributed by atoms with Crippen LogP contribution in [0.2, 0.25) is 0 Å². The molecule has 1 fully saturated rings. The van der Waals surface area contributed by atoms with E-state index in [2.05, 4.69) is 69.3 Å². The number of carbonyl (C=O) groups excluding carboxylic acids is 1. The SMILES string of the molecule is CC(C)(C)C(O[SiH](c1ccccc1)c1ccccc1)C1CCC(=O)O1. The van der Waals surface area contributed by atoms with E-state index in [1.54, 1.807) is 0 Å². The van der Waals surface area contributed by atoms with E-state index in [9.17, 15) is 4.79 Å². The van der Waals surface area contributed by atoms with Crippen LogP contribution in [0.3, 0.4) is 0 Å². The fraction of sp³-hybridized carbons (Fsp3) is 0.381. The number of rotatable bonds is 5. The molecule has 1 aliphatic rings. The quantitative estimate of drug-likeness (QED) is 0.612. The molecule has 0 aliphatic carbocycles. The van der Waals surface area contributed by atoms with Crippen LogP contribution in [0.1, 0.15) is 33.6 Å². The van der Waals surface area contributed by atoms with Crippen molar-refractivity contribution in [1.29, 1.82) is 0 Å². The first kappa shape index (κ1) is 17.9. The zero-order chi connectivity index (χ0) is 17.9. The highest BCUT2D eigenvalue weighted by Crippen LogP contribution is 2.32. The lowest BCUT2D eigenvalue weighted by molar-refractivity contribution is -0.147. The summed E-state index contributed by atoms with van der Waals surface area (Å²) in [5.74, 6) is -0.111. The summed E-state index contributed by atoms with van der Waals surface area (Å²) in [6.45, 7) is 6.47. The first-order chi connectivity index (χ1) is 11.9. The van der Waals surface area contributed by atoms with Gasteiger partial charge in [-0.25, -0.2) is 0 Å². The molecule has 1 heterocycles. The van der Waals surface area contributed by atoms with Gasteiger partial charge in [-0.3, -0.25) is 4.79 Å². The van der Waals surface area contributed by atoms with E-state index >= 15 is 0 Å². The molecule has 4 heteroatoms. The monoisotopic (exact) mass is 354 g/mol. The molecule has 0 radical (unpaired) electrons. The van der Waals surface area contributed by atoms with Gasteiger partial charge >= 0.3 is 5.97 Å². The first-order valence-corrected chi connectivity index (χ1v) is 10.5. The Kier molecular flexibility index (Phi) is 5.40. The van der Waals surface area contributed by atoms with Crippen LogP contribution in [0, 0.1) is 5.41 Å². The minimum Gasteiger partial charge on any atom is -0.460 e. The molecule has 2 atom stereocenters. The van der Waals surface area contributed by atoms with Gasteiger partial charge in [0.25, 0.3) is 0 Å². The van der Waals surface area contributed by atoms with Gasteiger partial charge in [0.1, 0.15) is 6.10 Å². The zero-order valence-corrected chi connectivity index (χ0v) is 16.3. The summed E-state index contributed by atoms with van der Waals surface area (Å²) in [4.78, 5) is 11.6. The van der Waals surface area contributed by atoms with Crippen LogP contribution < -0.4 is 10.4 Å². The van der Waals surface area contributed by atoms with Crippen molar-refractivity contribution in [3.63, 3.8) is 0 Å². The van der Waals surface area contributed by atoms with Crippen LogP contribution in [-0.2, 0) is 14.0 Å². The van der Waals surface area contributed by atoms with E-state index in [1.807, 2.05) is 12.1 Å². The highest BCUT2D eigenvalue weighted by molar-refractivity contribution is 6.80. The highest BCUT2D eigenvalue weighted by Gasteiger charge is 2.40. The maximum absolute atomic E-state index is 11.6. The Morgan fingerprint density at radius 3 is 1.92 bits per heavy atom. The summed E-state index contributed by atoms with van der Waals surface area (Å²) < 4.78 is 12.4. The number of esters is 1. The number of carbonyl (C=O) groups is 1. The van der Waals surface area contributed by atoms with Crippen molar-refractivity contribution >= 4 is 25.4 Å². The number of ether oxygens (including phenoxy) is 1. The van der Waals surface area contributed by atoms with Crippen molar-refractivity contribution in [2.75, 3.05) is 0 Å². The second-order valence-electron chi connectivity index (χ2n) is 7.69. The Hall–Kier alpha value is -1.91. The third-order valence-corrected chi connectivity index (χ3v) is 7.14. The van der Waals surface area contributed by atoms with Gasteiger partial charge in [0.2, 0.25) is 9.04 Å². The molecule has 0 N–H and O–H groups in total. The molecule has 3 nitrogen and oxygen atoms in total. The Labute approximate surface area is 151 Å². The normalized spacial score (nSPS) is 19.0. The van der Waals surface area contributed by atoms with Gasteiger partial charge in [0.05, 0.1) is 6.10 Å². The van der Waals surface area contributed by atoms with Gasteiger partial charge < -0.3 is 9.16 Å². The molecule has 132 valence electrons. The van der Waals surface area contributed by atoms with Gasteiger partial charge in [-0.2, -0.15) is 0 Å². The molecular weight excluding hydrogens is 328 g/mol. The van der Waals surface area contributed by atoms with Gasteiger partial charge in [0.15, 0.2) is 0 Å². The molecule has 0 aromatic heterocycles. The Morgan fingerprint density at radius 1 is 1.00 bits per heavy atom. The predicted molar refractivity (Wildman–Crippen MR) is 103 cm³/mol. The molecule has 1 aliphatic heterocycles. The number of hydrogen-bond acceptors (Lipinski definition) is 3. The van der Waals surface area contributed by atoms with Gasteiger partial charge in [-0.15, -0.1) is 0 Å². The average molecular weight is 355 g/mol. The van der Waals surface area contributed by atoms with E-state index in [1.165, 1.54) is 10.4 Å². The Balaban J connectivity index is 1.93. The molecule has 1 saturated heterocycles. The summed E-state index contributed by atoms with van der Waals surface area (Å²) in [7, 11) is -1.88. The predicted octanol–water partition coefficient (Wildman–Crippen LogP) is 2.66. The summed E-state index contributed by atoms with van der Waals surface area (Å²) in [6, 6.07) is 20.9. The maximum Gasteiger partial charge on any atom is 0.306 e. The van der Waals surface area contributed by atoms with Crippen molar-refractivity contribution < 1.29 is 14.0 Å². The van der Waals surface area contributed by atoms with E-state index in [4.69, 9.17) is 9.16 Å². The molecule has 3 rings (SSSR count). The lowest BCUT2D eigenvalue weighted by Crippen LogP contribution is -2.52. The first-order valence-electron chi connectivity index (χ1n) is 8.90. The van der Waals surface area contributed by atoms with Crippen LogP contribution in [0.4, 0.5) is 0 Å². The van der Waals surface area contributed by atoms with Crippen molar-refractivity contribution in [2.45, 2.75) is 45.8 Å². The van der Waals surface area contributed by atoms with Gasteiger partial charge in [-0.1, -0.05) is 81.4 Å².